The van der Waals surface area contributed by atoms with E-state index in [2.05, 4.69) is 4.98 Å². The van der Waals surface area contributed by atoms with Crippen molar-refractivity contribution in [2.45, 2.75) is 6.92 Å². The van der Waals surface area contributed by atoms with E-state index in [1.165, 1.54) is 11.3 Å². The molecule has 1 atom stereocenters. The van der Waals surface area contributed by atoms with Crippen LogP contribution in [0.25, 0.3) is 10.6 Å². The lowest BCUT2D eigenvalue weighted by atomic mass is 10.2. The van der Waals surface area contributed by atoms with E-state index in [-0.39, 0.29) is 29.9 Å². The first-order valence-electron chi connectivity index (χ1n) is 7.55. The number of thiazole rings is 1. The quantitative estimate of drug-likeness (QED) is 0.798. The van der Waals surface area contributed by atoms with Gasteiger partial charge < -0.3 is 4.90 Å². The molecule has 1 saturated heterocycles. The van der Waals surface area contributed by atoms with Crippen molar-refractivity contribution < 1.29 is 13.2 Å². The zero-order valence-electron chi connectivity index (χ0n) is 13.1. The third kappa shape index (κ3) is 3.96. The Morgan fingerprint density at radius 2 is 2.21 bits per heavy atom. The summed E-state index contributed by atoms with van der Waals surface area (Å²) >= 11 is 7.37. The number of halogens is 1. The van der Waals surface area contributed by atoms with Gasteiger partial charge in [-0.3, -0.25) is 4.79 Å². The van der Waals surface area contributed by atoms with E-state index in [0.717, 1.165) is 10.6 Å². The van der Waals surface area contributed by atoms with Gasteiger partial charge in [0.2, 0.25) is 0 Å². The molecule has 0 bridgehead atoms. The van der Waals surface area contributed by atoms with Gasteiger partial charge in [-0.15, -0.1) is 11.3 Å². The Kier molecular flexibility index (Phi) is 4.94. The minimum atomic E-state index is -3.09. The molecule has 5 nitrogen and oxygen atoms in total. The maximum Gasteiger partial charge on any atom is 0.273 e. The van der Waals surface area contributed by atoms with E-state index in [0.29, 0.717) is 17.3 Å². The molecule has 0 radical (unpaired) electrons. The zero-order chi connectivity index (χ0) is 17.3. The molecule has 1 fully saturated rings. The van der Waals surface area contributed by atoms with Crippen molar-refractivity contribution in [2.24, 2.45) is 5.92 Å². The Labute approximate surface area is 150 Å². The van der Waals surface area contributed by atoms with Crippen molar-refractivity contribution >= 4 is 38.7 Å². The molecule has 1 amide bonds. The predicted octanol–water partition coefficient (Wildman–Crippen LogP) is 2.97. The molecule has 0 N–H and O–H groups in total. The van der Waals surface area contributed by atoms with Crippen molar-refractivity contribution in [1.82, 2.24) is 9.88 Å². The van der Waals surface area contributed by atoms with E-state index in [1.807, 2.05) is 19.1 Å². The second-order valence-corrected chi connectivity index (χ2v) is 9.54. The average molecular weight is 385 g/mol. The minimum absolute atomic E-state index is 0.00830. The van der Waals surface area contributed by atoms with Crippen LogP contribution < -0.4 is 0 Å². The van der Waals surface area contributed by atoms with Crippen LogP contribution in [0.2, 0.25) is 5.02 Å². The summed E-state index contributed by atoms with van der Waals surface area (Å²) in [6.45, 7) is 2.50. The highest BCUT2D eigenvalue weighted by molar-refractivity contribution is 7.91. The van der Waals surface area contributed by atoms with E-state index in [9.17, 15) is 13.2 Å². The van der Waals surface area contributed by atoms with Gasteiger partial charge in [0, 0.05) is 29.1 Å². The molecule has 128 valence electrons. The number of hydrogen-bond donors (Lipinski definition) is 0. The lowest BCUT2D eigenvalue weighted by Gasteiger charge is -2.20. The molecule has 0 saturated carbocycles. The molecule has 24 heavy (non-hydrogen) atoms. The smallest absolute Gasteiger partial charge is 0.273 e. The lowest BCUT2D eigenvalue weighted by Crippen LogP contribution is -2.35. The van der Waals surface area contributed by atoms with E-state index < -0.39 is 9.84 Å². The molecule has 0 spiro atoms. The predicted molar refractivity (Wildman–Crippen MR) is 96.3 cm³/mol. The first-order chi connectivity index (χ1) is 11.3. The van der Waals surface area contributed by atoms with Gasteiger partial charge in [-0.05, 0) is 18.1 Å². The van der Waals surface area contributed by atoms with Crippen LogP contribution in [0.15, 0.2) is 29.6 Å². The lowest BCUT2D eigenvalue weighted by molar-refractivity contribution is 0.0746. The largest absolute Gasteiger partial charge is 0.336 e. The number of sulfone groups is 1. The number of nitrogens with zero attached hydrogens (tertiary/aromatic N) is 2. The molecule has 8 heteroatoms. The highest BCUT2D eigenvalue weighted by Crippen LogP contribution is 2.26. The van der Waals surface area contributed by atoms with Crippen LogP contribution in [0.4, 0.5) is 0 Å². The monoisotopic (exact) mass is 384 g/mol. The number of aromatic nitrogens is 1. The average Bonchev–Trinajstić information content (AvgIpc) is 2.95. The molecule has 2 heterocycles. The van der Waals surface area contributed by atoms with Crippen LogP contribution in [0.1, 0.15) is 17.4 Å². The minimum Gasteiger partial charge on any atom is -0.336 e. The molecular formula is C16H17ClN2O3S2. The zero-order valence-corrected chi connectivity index (χ0v) is 15.5. The molecule has 0 aliphatic carbocycles. The number of hydrogen-bond acceptors (Lipinski definition) is 5. The maximum absolute atomic E-state index is 12.7. The van der Waals surface area contributed by atoms with Gasteiger partial charge in [-0.25, -0.2) is 13.4 Å². The van der Waals surface area contributed by atoms with Crippen LogP contribution >= 0.6 is 22.9 Å². The number of benzene rings is 1. The fraction of sp³-hybridized carbons (Fsp3) is 0.375. The van der Waals surface area contributed by atoms with Gasteiger partial charge >= 0.3 is 0 Å². The summed E-state index contributed by atoms with van der Waals surface area (Å²) in [4.78, 5) is 18.7. The fourth-order valence-electron chi connectivity index (χ4n) is 2.76. The van der Waals surface area contributed by atoms with E-state index in [1.54, 1.807) is 22.4 Å². The topological polar surface area (TPSA) is 67.3 Å². The summed E-state index contributed by atoms with van der Waals surface area (Å²) in [5, 5.41) is 3.04. The summed E-state index contributed by atoms with van der Waals surface area (Å²) in [6, 6.07) is 7.31. The number of rotatable bonds is 2. The number of carbonyl (C=O) groups excluding carboxylic acids is 1. The van der Waals surface area contributed by atoms with Crippen molar-refractivity contribution in [3.8, 4) is 10.6 Å². The third-order valence-corrected chi connectivity index (χ3v) is 6.83. The van der Waals surface area contributed by atoms with Crippen molar-refractivity contribution in [2.75, 3.05) is 24.6 Å². The Bertz CT molecular complexity index is 864. The van der Waals surface area contributed by atoms with Gasteiger partial charge in [-0.1, -0.05) is 30.7 Å². The van der Waals surface area contributed by atoms with Crippen molar-refractivity contribution in [3.63, 3.8) is 0 Å². The molecule has 3 rings (SSSR count). The molecule has 1 aromatic carbocycles. The first kappa shape index (κ1) is 17.4. The van der Waals surface area contributed by atoms with Gasteiger partial charge in [0.05, 0.1) is 11.5 Å². The molecule has 2 aromatic rings. The van der Waals surface area contributed by atoms with E-state index >= 15 is 0 Å². The van der Waals surface area contributed by atoms with Crippen LogP contribution in [0.3, 0.4) is 0 Å². The molecule has 1 aliphatic rings. The highest BCUT2D eigenvalue weighted by Gasteiger charge is 2.28. The van der Waals surface area contributed by atoms with Crippen molar-refractivity contribution in [3.05, 3.63) is 40.4 Å². The van der Waals surface area contributed by atoms with Crippen LogP contribution in [-0.4, -0.2) is 48.8 Å². The van der Waals surface area contributed by atoms with Crippen LogP contribution in [-0.2, 0) is 9.84 Å². The van der Waals surface area contributed by atoms with Gasteiger partial charge in [0.1, 0.15) is 10.7 Å². The Morgan fingerprint density at radius 1 is 1.42 bits per heavy atom. The second kappa shape index (κ2) is 6.82. The molecule has 1 unspecified atom stereocenters. The van der Waals surface area contributed by atoms with Gasteiger partial charge in [0.25, 0.3) is 5.91 Å². The standard InChI is InChI=1S/C16H17ClN2O3S2/c1-11-8-19(5-6-24(21,22)10-11)16(20)14-9-23-15(18-14)12-3-2-4-13(17)7-12/h2-4,7,9,11H,5-6,8,10H2,1H3. The summed E-state index contributed by atoms with van der Waals surface area (Å²) in [5.74, 6) is -0.161. The third-order valence-electron chi connectivity index (χ3n) is 3.82. The van der Waals surface area contributed by atoms with Crippen molar-refractivity contribution in [1.29, 1.82) is 0 Å². The highest BCUT2D eigenvalue weighted by atomic mass is 35.5. The van der Waals surface area contributed by atoms with Gasteiger partial charge in [0.15, 0.2) is 9.84 Å². The number of amides is 1. The molecule has 1 aromatic heterocycles. The second-order valence-electron chi connectivity index (χ2n) is 6.02. The number of carbonyl (C=O) groups is 1. The summed E-state index contributed by atoms with van der Waals surface area (Å²) in [6.07, 6.45) is 0. The summed E-state index contributed by atoms with van der Waals surface area (Å²) in [7, 11) is -3.09. The van der Waals surface area contributed by atoms with Crippen LogP contribution in [0, 0.1) is 5.92 Å². The summed E-state index contributed by atoms with van der Waals surface area (Å²) in [5.41, 5.74) is 1.21. The molecule has 1 aliphatic heterocycles. The SMILES string of the molecule is CC1CN(C(=O)c2csc(-c3cccc(Cl)c3)n2)CCS(=O)(=O)C1. The maximum atomic E-state index is 12.7. The fourth-order valence-corrected chi connectivity index (χ4v) is 5.38. The van der Waals surface area contributed by atoms with E-state index in [4.69, 9.17) is 11.6 Å². The normalized spacial score (nSPS) is 20.6. The Morgan fingerprint density at radius 3 is 2.96 bits per heavy atom. The van der Waals surface area contributed by atoms with Gasteiger partial charge in [-0.2, -0.15) is 0 Å². The Balaban J connectivity index is 1.81. The molecular weight excluding hydrogens is 368 g/mol. The first-order valence-corrected chi connectivity index (χ1v) is 10.6. The Hall–Kier alpha value is -1.44. The van der Waals surface area contributed by atoms with Crippen LogP contribution in [0.5, 0.6) is 0 Å². The summed E-state index contributed by atoms with van der Waals surface area (Å²) < 4.78 is 23.7.